The molecule has 1 heterocycles. The maximum atomic E-state index is 13.1. The number of rotatable bonds is 8. The van der Waals surface area contributed by atoms with Gasteiger partial charge in [-0.3, -0.25) is 4.79 Å². The molecule has 0 spiro atoms. The lowest BCUT2D eigenvalue weighted by atomic mass is 10.1. The minimum atomic E-state index is -0.204. The zero-order chi connectivity index (χ0) is 21.6. The Labute approximate surface area is 184 Å². The molecule has 0 fully saturated rings. The van der Waals surface area contributed by atoms with Crippen LogP contribution in [0.5, 0.6) is 17.2 Å². The molecule has 0 radical (unpaired) electrons. The first-order valence-electron chi connectivity index (χ1n) is 9.68. The van der Waals surface area contributed by atoms with Gasteiger partial charge in [-0.1, -0.05) is 60.7 Å². The van der Waals surface area contributed by atoms with Crippen LogP contribution in [0.2, 0.25) is 0 Å². The summed E-state index contributed by atoms with van der Waals surface area (Å²) in [5.41, 5.74) is 2.80. The van der Waals surface area contributed by atoms with Gasteiger partial charge >= 0.3 is 0 Å². The Bertz CT molecular complexity index is 1150. The highest BCUT2D eigenvalue weighted by Crippen LogP contribution is 2.39. The van der Waals surface area contributed by atoms with Gasteiger partial charge in [-0.25, -0.2) is 4.98 Å². The number of benzene rings is 3. The van der Waals surface area contributed by atoms with Crippen LogP contribution in [0.1, 0.15) is 21.6 Å². The van der Waals surface area contributed by atoms with E-state index in [9.17, 15) is 4.79 Å². The molecule has 1 aromatic heterocycles. The van der Waals surface area contributed by atoms with Crippen molar-refractivity contribution in [1.82, 2.24) is 4.98 Å². The van der Waals surface area contributed by atoms with Gasteiger partial charge in [-0.15, -0.1) is 11.3 Å². The lowest BCUT2D eigenvalue weighted by Crippen LogP contribution is -2.05. The number of carbonyl (C=O) groups excluding carboxylic acids is 1. The third kappa shape index (κ3) is 4.59. The fraction of sp³-hybridized carbons (Fsp3) is 0.120. The lowest BCUT2D eigenvalue weighted by molar-refractivity contribution is 0.103. The number of carbonyl (C=O) groups is 1. The van der Waals surface area contributed by atoms with E-state index in [1.54, 1.807) is 17.5 Å². The number of ketones is 1. The largest absolute Gasteiger partial charge is 0.493 e. The van der Waals surface area contributed by atoms with Crippen molar-refractivity contribution in [2.75, 3.05) is 14.2 Å². The van der Waals surface area contributed by atoms with E-state index >= 15 is 0 Å². The van der Waals surface area contributed by atoms with Gasteiger partial charge in [0, 0.05) is 16.5 Å². The Morgan fingerprint density at radius 3 is 2.13 bits per heavy atom. The number of hydrogen-bond donors (Lipinski definition) is 0. The number of methoxy groups -OCH3 is 2. The molecule has 0 aliphatic heterocycles. The van der Waals surface area contributed by atoms with Gasteiger partial charge < -0.3 is 14.2 Å². The summed E-state index contributed by atoms with van der Waals surface area (Å²) in [6.07, 6.45) is 0. The molecule has 4 aromatic rings. The van der Waals surface area contributed by atoms with E-state index < -0.39 is 0 Å². The van der Waals surface area contributed by atoms with Crippen molar-refractivity contribution in [3.05, 3.63) is 95.0 Å². The van der Waals surface area contributed by atoms with E-state index in [4.69, 9.17) is 14.2 Å². The fourth-order valence-electron chi connectivity index (χ4n) is 3.12. The minimum Gasteiger partial charge on any atom is -0.493 e. The molecule has 0 saturated carbocycles. The van der Waals surface area contributed by atoms with Crippen LogP contribution < -0.4 is 14.2 Å². The Morgan fingerprint density at radius 1 is 0.903 bits per heavy atom. The minimum absolute atomic E-state index is 0.204. The molecule has 0 bridgehead atoms. The summed E-state index contributed by atoms with van der Waals surface area (Å²) >= 11 is 1.44. The van der Waals surface area contributed by atoms with Crippen molar-refractivity contribution >= 4 is 17.1 Å². The number of hydrogen-bond acceptors (Lipinski definition) is 6. The molecule has 3 aromatic carbocycles. The van der Waals surface area contributed by atoms with Crippen LogP contribution in [0.15, 0.2) is 78.2 Å². The van der Waals surface area contributed by atoms with E-state index in [0.29, 0.717) is 35.1 Å². The first-order chi connectivity index (χ1) is 15.2. The predicted octanol–water partition coefficient (Wildman–Crippen LogP) is 5.64. The van der Waals surface area contributed by atoms with Crippen LogP contribution in [0.4, 0.5) is 0 Å². The van der Waals surface area contributed by atoms with Crippen LogP contribution in [-0.2, 0) is 6.61 Å². The van der Waals surface area contributed by atoms with Gasteiger partial charge in [-0.2, -0.15) is 0 Å². The van der Waals surface area contributed by atoms with E-state index in [1.807, 2.05) is 60.7 Å². The van der Waals surface area contributed by atoms with Crippen molar-refractivity contribution in [3.8, 4) is 27.8 Å². The average molecular weight is 432 g/mol. The van der Waals surface area contributed by atoms with Crippen LogP contribution >= 0.6 is 11.3 Å². The molecule has 156 valence electrons. The second-order valence-corrected chi connectivity index (χ2v) is 7.58. The summed E-state index contributed by atoms with van der Waals surface area (Å²) in [6, 6.07) is 22.9. The molecule has 6 heteroatoms. The van der Waals surface area contributed by atoms with Gasteiger partial charge in [0.15, 0.2) is 11.5 Å². The van der Waals surface area contributed by atoms with Gasteiger partial charge in [0.05, 0.1) is 14.2 Å². The summed E-state index contributed by atoms with van der Waals surface area (Å²) in [5, 5.41) is 2.56. The summed E-state index contributed by atoms with van der Waals surface area (Å²) in [4.78, 5) is 17.6. The first kappa shape index (κ1) is 20.6. The lowest BCUT2D eigenvalue weighted by Gasteiger charge is -2.15. The van der Waals surface area contributed by atoms with E-state index in [2.05, 4.69) is 4.98 Å². The zero-order valence-corrected chi connectivity index (χ0v) is 18.0. The highest BCUT2D eigenvalue weighted by atomic mass is 32.1. The molecule has 0 aliphatic rings. The van der Waals surface area contributed by atoms with Crippen LogP contribution in [0, 0.1) is 0 Å². The predicted molar refractivity (Wildman–Crippen MR) is 121 cm³/mol. The highest BCUT2D eigenvalue weighted by molar-refractivity contribution is 7.13. The molecule has 0 unspecified atom stereocenters. The fourth-order valence-corrected chi connectivity index (χ4v) is 3.93. The van der Waals surface area contributed by atoms with Gasteiger partial charge in [0.1, 0.15) is 17.3 Å². The molecule has 0 saturated heterocycles. The molecule has 0 N–H and O–H groups in total. The van der Waals surface area contributed by atoms with Crippen LogP contribution in [-0.4, -0.2) is 25.0 Å². The summed E-state index contributed by atoms with van der Waals surface area (Å²) in [7, 11) is 3.07. The molecular formula is C25H21NO4S. The molecule has 0 aliphatic carbocycles. The van der Waals surface area contributed by atoms with Crippen molar-refractivity contribution in [2.45, 2.75) is 6.61 Å². The standard InChI is InChI=1S/C25H21NO4S/c1-28-21-13-19(14-22(29-2)24(21)30-15-17-9-5-3-6-10-17)23(27)20-16-31-25(26-20)18-11-7-4-8-12-18/h3-14,16H,15H2,1-2H3. The molecule has 0 amide bonds. The molecule has 31 heavy (non-hydrogen) atoms. The number of thiazole rings is 1. The SMILES string of the molecule is COc1cc(C(=O)c2csc(-c3ccccc3)n2)cc(OC)c1OCc1ccccc1. The topological polar surface area (TPSA) is 57.7 Å². The van der Waals surface area contributed by atoms with Gasteiger partial charge in [0.25, 0.3) is 0 Å². The number of ether oxygens (including phenoxy) is 3. The van der Waals surface area contributed by atoms with Crippen molar-refractivity contribution in [2.24, 2.45) is 0 Å². The summed E-state index contributed by atoms with van der Waals surface area (Å²) in [5.74, 6) is 1.10. The quantitative estimate of drug-likeness (QED) is 0.338. The van der Waals surface area contributed by atoms with E-state index in [1.165, 1.54) is 25.6 Å². The van der Waals surface area contributed by atoms with Crippen LogP contribution in [0.25, 0.3) is 10.6 Å². The monoisotopic (exact) mass is 431 g/mol. The summed E-state index contributed by atoms with van der Waals surface area (Å²) < 4.78 is 17.0. The van der Waals surface area contributed by atoms with E-state index in [-0.39, 0.29) is 5.78 Å². The van der Waals surface area contributed by atoms with E-state index in [0.717, 1.165) is 16.1 Å². The maximum absolute atomic E-state index is 13.1. The molecule has 0 atom stereocenters. The Morgan fingerprint density at radius 2 is 1.52 bits per heavy atom. The second kappa shape index (κ2) is 9.45. The normalized spacial score (nSPS) is 10.5. The third-order valence-corrected chi connectivity index (χ3v) is 5.60. The number of aromatic nitrogens is 1. The Hall–Kier alpha value is -3.64. The van der Waals surface area contributed by atoms with Crippen molar-refractivity contribution in [3.63, 3.8) is 0 Å². The zero-order valence-electron chi connectivity index (χ0n) is 17.2. The second-order valence-electron chi connectivity index (χ2n) is 6.72. The average Bonchev–Trinajstić information content (AvgIpc) is 3.33. The third-order valence-electron chi connectivity index (χ3n) is 4.71. The van der Waals surface area contributed by atoms with Crippen molar-refractivity contribution in [1.29, 1.82) is 0 Å². The van der Waals surface area contributed by atoms with Crippen LogP contribution in [0.3, 0.4) is 0 Å². The molecule has 4 rings (SSSR count). The van der Waals surface area contributed by atoms with Gasteiger partial charge in [-0.05, 0) is 17.7 Å². The van der Waals surface area contributed by atoms with Gasteiger partial charge in [0.2, 0.25) is 11.5 Å². The first-order valence-corrected chi connectivity index (χ1v) is 10.6. The number of nitrogens with zero attached hydrogens (tertiary/aromatic N) is 1. The molecule has 5 nitrogen and oxygen atoms in total. The molecular weight excluding hydrogens is 410 g/mol. The Balaban J connectivity index is 1.61. The maximum Gasteiger partial charge on any atom is 0.212 e. The van der Waals surface area contributed by atoms with Crippen molar-refractivity contribution < 1.29 is 19.0 Å². The smallest absolute Gasteiger partial charge is 0.212 e. The highest BCUT2D eigenvalue weighted by Gasteiger charge is 2.21. The Kier molecular flexibility index (Phi) is 6.29. The summed E-state index contributed by atoms with van der Waals surface area (Å²) in [6.45, 7) is 0.355.